The maximum Gasteiger partial charge on any atom is 0.222 e. The highest BCUT2D eigenvalue weighted by molar-refractivity contribution is 5.77. The number of nitrogens with zero attached hydrogens (tertiary/aromatic N) is 2. The highest BCUT2D eigenvalue weighted by atomic mass is 16.5. The van der Waals surface area contributed by atoms with Gasteiger partial charge in [0.15, 0.2) is 0 Å². The van der Waals surface area contributed by atoms with E-state index in [0.29, 0.717) is 18.3 Å². The molecule has 26 heavy (non-hydrogen) atoms. The molecule has 1 amide bonds. The molecule has 4 nitrogen and oxygen atoms in total. The van der Waals surface area contributed by atoms with Crippen LogP contribution in [0.2, 0.25) is 0 Å². The van der Waals surface area contributed by atoms with Crippen molar-refractivity contribution >= 4 is 5.91 Å². The lowest BCUT2D eigenvalue weighted by atomic mass is 9.89. The molecule has 1 aromatic heterocycles. The lowest BCUT2D eigenvalue weighted by Crippen LogP contribution is -2.30. The number of amides is 1. The SMILES string of the molecule is COc1ccc(C(CC(=O)N(C)CCc2ccncc2)C2CC2)cc1C. The number of aryl methyl sites for hydroxylation is 1. The molecule has 2 aromatic rings. The van der Waals surface area contributed by atoms with Crippen LogP contribution in [0.3, 0.4) is 0 Å². The monoisotopic (exact) mass is 352 g/mol. The molecule has 1 saturated carbocycles. The Hall–Kier alpha value is -2.36. The van der Waals surface area contributed by atoms with Crippen LogP contribution in [-0.2, 0) is 11.2 Å². The van der Waals surface area contributed by atoms with Crippen molar-refractivity contribution in [1.82, 2.24) is 9.88 Å². The third kappa shape index (κ3) is 4.63. The second-order valence-electron chi connectivity index (χ2n) is 7.30. The summed E-state index contributed by atoms with van der Waals surface area (Å²) in [7, 11) is 3.61. The van der Waals surface area contributed by atoms with E-state index in [1.165, 1.54) is 24.0 Å². The van der Waals surface area contributed by atoms with Gasteiger partial charge in [-0.1, -0.05) is 12.1 Å². The number of hydrogen-bond acceptors (Lipinski definition) is 3. The van der Waals surface area contributed by atoms with Crippen molar-refractivity contribution in [2.45, 2.75) is 38.5 Å². The highest BCUT2D eigenvalue weighted by Gasteiger charge is 2.34. The number of rotatable bonds is 8. The van der Waals surface area contributed by atoms with E-state index in [2.05, 4.69) is 24.0 Å². The fourth-order valence-corrected chi connectivity index (χ4v) is 3.50. The zero-order valence-electron chi connectivity index (χ0n) is 15.9. The minimum atomic E-state index is 0.226. The maximum atomic E-state index is 12.8. The lowest BCUT2D eigenvalue weighted by Gasteiger charge is -2.22. The maximum absolute atomic E-state index is 12.8. The Morgan fingerprint density at radius 2 is 2.00 bits per heavy atom. The second kappa shape index (κ2) is 8.35. The van der Waals surface area contributed by atoms with Crippen LogP contribution in [0.5, 0.6) is 5.75 Å². The summed E-state index contributed by atoms with van der Waals surface area (Å²) in [5.41, 5.74) is 3.61. The topological polar surface area (TPSA) is 42.4 Å². The zero-order valence-corrected chi connectivity index (χ0v) is 15.9. The van der Waals surface area contributed by atoms with Crippen LogP contribution in [-0.4, -0.2) is 36.5 Å². The fourth-order valence-electron chi connectivity index (χ4n) is 3.50. The van der Waals surface area contributed by atoms with Crippen molar-refractivity contribution in [1.29, 1.82) is 0 Å². The number of likely N-dealkylation sites (N-methyl/N-ethyl adjacent to an activating group) is 1. The standard InChI is InChI=1S/C22H28N2O2/c1-16-14-19(6-7-21(16)26-3)20(18-4-5-18)15-22(25)24(2)13-10-17-8-11-23-12-9-17/h6-9,11-12,14,18,20H,4-5,10,13,15H2,1-3H3. The molecule has 0 spiro atoms. The van der Waals surface area contributed by atoms with Gasteiger partial charge in [0.2, 0.25) is 5.91 Å². The first-order chi connectivity index (χ1) is 12.6. The molecule has 1 aromatic carbocycles. The second-order valence-corrected chi connectivity index (χ2v) is 7.30. The normalized spacial score (nSPS) is 14.7. The van der Waals surface area contributed by atoms with E-state index in [1.54, 1.807) is 19.5 Å². The number of methoxy groups -OCH3 is 1. The van der Waals surface area contributed by atoms with Crippen LogP contribution in [0.15, 0.2) is 42.7 Å². The molecular weight excluding hydrogens is 324 g/mol. The Bertz CT molecular complexity index is 741. The van der Waals surface area contributed by atoms with Crippen molar-refractivity contribution in [3.05, 3.63) is 59.4 Å². The van der Waals surface area contributed by atoms with Crippen LogP contribution in [0.25, 0.3) is 0 Å². The fraction of sp³-hybridized carbons (Fsp3) is 0.455. The third-order valence-corrected chi connectivity index (χ3v) is 5.34. The molecule has 0 saturated heterocycles. The van der Waals surface area contributed by atoms with Crippen molar-refractivity contribution in [2.24, 2.45) is 5.92 Å². The van der Waals surface area contributed by atoms with Crippen molar-refractivity contribution < 1.29 is 9.53 Å². The Morgan fingerprint density at radius 3 is 2.62 bits per heavy atom. The predicted octanol–water partition coefficient (Wildman–Crippen LogP) is 3.98. The summed E-state index contributed by atoms with van der Waals surface area (Å²) in [6, 6.07) is 10.3. The number of carbonyl (C=O) groups excluding carboxylic acids is 1. The quantitative estimate of drug-likeness (QED) is 0.721. The molecule has 0 N–H and O–H groups in total. The summed E-state index contributed by atoms with van der Waals surface area (Å²) in [6.07, 6.45) is 7.50. The molecule has 1 aliphatic rings. The number of hydrogen-bond donors (Lipinski definition) is 0. The van der Waals surface area contributed by atoms with E-state index < -0.39 is 0 Å². The van der Waals surface area contributed by atoms with Gasteiger partial charge in [-0.15, -0.1) is 0 Å². The third-order valence-electron chi connectivity index (χ3n) is 5.34. The Balaban J connectivity index is 1.62. The molecule has 4 heteroatoms. The Labute approximate surface area is 156 Å². The van der Waals surface area contributed by atoms with Gasteiger partial charge >= 0.3 is 0 Å². The van der Waals surface area contributed by atoms with Gasteiger partial charge in [0.25, 0.3) is 0 Å². The minimum Gasteiger partial charge on any atom is -0.496 e. The number of pyridine rings is 1. The minimum absolute atomic E-state index is 0.226. The summed E-state index contributed by atoms with van der Waals surface area (Å²) < 4.78 is 5.37. The van der Waals surface area contributed by atoms with E-state index in [1.807, 2.05) is 30.1 Å². The van der Waals surface area contributed by atoms with Crippen LogP contribution in [0.4, 0.5) is 0 Å². The van der Waals surface area contributed by atoms with Crippen molar-refractivity contribution in [3.8, 4) is 5.75 Å². The Kier molecular flexibility index (Phi) is 5.92. The van der Waals surface area contributed by atoms with Gasteiger partial charge in [0.1, 0.15) is 5.75 Å². The number of aromatic nitrogens is 1. The highest BCUT2D eigenvalue weighted by Crippen LogP contribution is 2.45. The van der Waals surface area contributed by atoms with E-state index in [4.69, 9.17) is 4.74 Å². The summed E-state index contributed by atoms with van der Waals surface area (Å²) in [4.78, 5) is 18.7. The summed E-state index contributed by atoms with van der Waals surface area (Å²) in [5, 5.41) is 0. The van der Waals surface area contributed by atoms with Crippen LogP contribution < -0.4 is 4.74 Å². The van der Waals surface area contributed by atoms with Crippen molar-refractivity contribution in [3.63, 3.8) is 0 Å². The molecule has 1 heterocycles. The molecule has 1 aliphatic carbocycles. The molecule has 0 aliphatic heterocycles. The molecule has 1 fully saturated rings. The smallest absolute Gasteiger partial charge is 0.222 e. The van der Waals surface area contributed by atoms with Gasteiger partial charge in [-0.05, 0) is 72.9 Å². The molecule has 1 atom stereocenters. The summed E-state index contributed by atoms with van der Waals surface area (Å²) >= 11 is 0. The van der Waals surface area contributed by atoms with Gasteiger partial charge < -0.3 is 9.64 Å². The molecule has 1 unspecified atom stereocenters. The number of carbonyl (C=O) groups is 1. The predicted molar refractivity (Wildman–Crippen MR) is 103 cm³/mol. The first kappa shape index (κ1) is 18.4. The van der Waals surface area contributed by atoms with Gasteiger partial charge in [0.05, 0.1) is 7.11 Å². The van der Waals surface area contributed by atoms with E-state index in [9.17, 15) is 4.79 Å². The largest absolute Gasteiger partial charge is 0.496 e. The molecule has 3 rings (SSSR count). The Morgan fingerprint density at radius 1 is 1.27 bits per heavy atom. The van der Waals surface area contributed by atoms with Crippen molar-refractivity contribution in [2.75, 3.05) is 20.7 Å². The van der Waals surface area contributed by atoms with Gasteiger partial charge in [-0.3, -0.25) is 9.78 Å². The van der Waals surface area contributed by atoms with E-state index >= 15 is 0 Å². The van der Waals surface area contributed by atoms with E-state index in [0.717, 1.165) is 24.3 Å². The van der Waals surface area contributed by atoms with Gasteiger partial charge in [-0.25, -0.2) is 0 Å². The molecule has 0 radical (unpaired) electrons. The van der Waals surface area contributed by atoms with Gasteiger partial charge in [-0.2, -0.15) is 0 Å². The summed E-state index contributed by atoms with van der Waals surface area (Å²) in [5.74, 6) is 2.09. The molecular formula is C22H28N2O2. The number of ether oxygens (including phenoxy) is 1. The average molecular weight is 352 g/mol. The van der Waals surface area contributed by atoms with Crippen LogP contribution in [0.1, 0.15) is 41.9 Å². The van der Waals surface area contributed by atoms with E-state index in [-0.39, 0.29) is 5.91 Å². The van der Waals surface area contributed by atoms with Crippen LogP contribution in [0, 0.1) is 12.8 Å². The number of benzene rings is 1. The van der Waals surface area contributed by atoms with Gasteiger partial charge in [0, 0.05) is 32.4 Å². The first-order valence-corrected chi connectivity index (χ1v) is 9.36. The summed E-state index contributed by atoms with van der Waals surface area (Å²) in [6.45, 7) is 2.80. The lowest BCUT2D eigenvalue weighted by molar-refractivity contribution is -0.130. The zero-order chi connectivity index (χ0) is 18.5. The molecule has 138 valence electrons. The first-order valence-electron chi connectivity index (χ1n) is 9.36. The molecule has 0 bridgehead atoms. The average Bonchev–Trinajstić information content (AvgIpc) is 3.49. The van der Waals surface area contributed by atoms with Crippen LogP contribution >= 0.6 is 0 Å².